The lowest BCUT2D eigenvalue weighted by Crippen LogP contribution is -2.23. The van der Waals surface area contributed by atoms with Crippen molar-refractivity contribution in [1.82, 2.24) is 0 Å². The summed E-state index contributed by atoms with van der Waals surface area (Å²) in [5.41, 5.74) is 5.60. The number of benzene rings is 1. The Morgan fingerprint density at radius 3 is 2.35 bits per heavy atom. The van der Waals surface area contributed by atoms with Gasteiger partial charge in [-0.1, -0.05) is 0 Å². The maximum Gasteiger partial charge on any atom is 0.573 e. The van der Waals surface area contributed by atoms with E-state index in [0.29, 0.717) is 0 Å². The molecule has 2 N–H and O–H groups in total. The number of ether oxygens (including phenoxy) is 3. The van der Waals surface area contributed by atoms with Crippen LogP contribution in [0.3, 0.4) is 0 Å². The van der Waals surface area contributed by atoms with Gasteiger partial charge in [-0.2, -0.15) is 0 Å². The number of hydrogen-bond donors (Lipinski definition) is 1. The molecular formula is C11H13ClF3NO4. The van der Waals surface area contributed by atoms with Crippen molar-refractivity contribution in [2.75, 3.05) is 14.2 Å². The van der Waals surface area contributed by atoms with E-state index in [1.165, 1.54) is 13.2 Å². The second kappa shape index (κ2) is 7.20. The Morgan fingerprint density at radius 2 is 1.90 bits per heavy atom. The predicted octanol–water partition coefficient (Wildman–Crippen LogP) is 2.19. The number of hydrogen-bond acceptors (Lipinski definition) is 5. The largest absolute Gasteiger partial charge is 0.573 e. The van der Waals surface area contributed by atoms with Crippen molar-refractivity contribution in [2.45, 2.75) is 12.4 Å². The Bertz CT molecular complexity index is 467. The highest BCUT2D eigenvalue weighted by atomic mass is 35.5. The molecule has 0 unspecified atom stereocenters. The third-order valence-corrected chi connectivity index (χ3v) is 2.22. The van der Waals surface area contributed by atoms with Crippen LogP contribution in [0.15, 0.2) is 18.2 Å². The first kappa shape index (κ1) is 18.3. The third-order valence-electron chi connectivity index (χ3n) is 2.22. The van der Waals surface area contributed by atoms with Crippen LogP contribution < -0.4 is 15.2 Å². The fourth-order valence-electron chi connectivity index (χ4n) is 1.41. The molecule has 20 heavy (non-hydrogen) atoms. The van der Waals surface area contributed by atoms with Crippen LogP contribution in [0.4, 0.5) is 13.2 Å². The Labute approximate surface area is 119 Å². The minimum absolute atomic E-state index is 0. The molecule has 5 nitrogen and oxygen atoms in total. The molecule has 0 fully saturated rings. The van der Waals surface area contributed by atoms with Crippen molar-refractivity contribution in [3.63, 3.8) is 0 Å². The maximum absolute atomic E-state index is 12.1. The van der Waals surface area contributed by atoms with E-state index in [-0.39, 0.29) is 23.7 Å². The lowest BCUT2D eigenvalue weighted by atomic mass is 10.1. The molecule has 1 rings (SSSR count). The molecule has 0 amide bonds. The van der Waals surface area contributed by atoms with E-state index in [1.54, 1.807) is 0 Å². The molecule has 0 saturated heterocycles. The lowest BCUT2D eigenvalue weighted by Gasteiger charge is -2.16. The van der Waals surface area contributed by atoms with E-state index in [9.17, 15) is 18.0 Å². The number of carbonyl (C=O) groups is 1. The molecule has 9 heteroatoms. The number of alkyl halides is 3. The Kier molecular flexibility index (Phi) is 6.60. The normalized spacial score (nSPS) is 12.1. The Morgan fingerprint density at radius 1 is 1.30 bits per heavy atom. The molecule has 0 saturated carbocycles. The summed E-state index contributed by atoms with van der Waals surface area (Å²) in [6.07, 6.45) is -4.83. The van der Waals surface area contributed by atoms with Gasteiger partial charge < -0.3 is 19.9 Å². The average molecular weight is 316 g/mol. The summed E-state index contributed by atoms with van der Waals surface area (Å²) in [7, 11) is 2.41. The Hall–Kier alpha value is -1.67. The van der Waals surface area contributed by atoms with Gasteiger partial charge in [-0.25, -0.2) is 0 Å². The second-order valence-electron chi connectivity index (χ2n) is 3.45. The maximum atomic E-state index is 12.1. The van der Waals surface area contributed by atoms with Crippen LogP contribution in [0.1, 0.15) is 11.6 Å². The van der Waals surface area contributed by atoms with Gasteiger partial charge in [0, 0.05) is 5.56 Å². The van der Waals surface area contributed by atoms with Gasteiger partial charge in [0.05, 0.1) is 14.2 Å². The number of methoxy groups -OCH3 is 2. The van der Waals surface area contributed by atoms with Crippen molar-refractivity contribution < 1.29 is 32.2 Å². The topological polar surface area (TPSA) is 70.8 Å². The van der Waals surface area contributed by atoms with E-state index < -0.39 is 24.1 Å². The summed E-state index contributed by atoms with van der Waals surface area (Å²) in [6, 6.07) is 1.99. The highest BCUT2D eigenvalue weighted by Crippen LogP contribution is 2.31. The van der Waals surface area contributed by atoms with Gasteiger partial charge >= 0.3 is 12.3 Å². The molecule has 0 aliphatic rings. The quantitative estimate of drug-likeness (QED) is 0.862. The smallest absolute Gasteiger partial charge is 0.496 e. The van der Waals surface area contributed by atoms with Crippen molar-refractivity contribution in [1.29, 1.82) is 0 Å². The van der Waals surface area contributed by atoms with Gasteiger partial charge in [0.15, 0.2) is 0 Å². The summed E-state index contributed by atoms with van der Waals surface area (Å²) in [5.74, 6) is -1.14. The standard InChI is InChI=1S/C11H12F3NO4.ClH/c1-17-8-4-3-6(19-11(12,13)14)5-7(8)9(15)10(16)18-2;/h3-5,9H,15H2,1-2H3;1H/t9-;/m0./s1. The van der Waals surface area contributed by atoms with Crippen molar-refractivity contribution in [2.24, 2.45) is 5.73 Å². The second-order valence-corrected chi connectivity index (χ2v) is 3.45. The van der Waals surface area contributed by atoms with E-state index in [4.69, 9.17) is 10.5 Å². The first-order valence-electron chi connectivity index (χ1n) is 5.05. The van der Waals surface area contributed by atoms with Gasteiger partial charge in [0.1, 0.15) is 17.5 Å². The number of rotatable bonds is 4. The monoisotopic (exact) mass is 315 g/mol. The average Bonchev–Trinajstić information content (AvgIpc) is 2.35. The molecule has 0 heterocycles. The summed E-state index contributed by atoms with van der Waals surface area (Å²) < 4.78 is 49.4. The summed E-state index contributed by atoms with van der Waals surface area (Å²) in [5, 5.41) is 0. The van der Waals surface area contributed by atoms with Gasteiger partial charge in [-0.05, 0) is 18.2 Å². The number of nitrogens with two attached hydrogens (primary N) is 1. The number of esters is 1. The molecule has 114 valence electrons. The Balaban J connectivity index is 0.00000361. The molecule has 0 aliphatic carbocycles. The molecule has 1 aromatic carbocycles. The lowest BCUT2D eigenvalue weighted by molar-refractivity contribution is -0.274. The van der Waals surface area contributed by atoms with Crippen LogP contribution in [0.2, 0.25) is 0 Å². The highest BCUT2D eigenvalue weighted by Gasteiger charge is 2.32. The zero-order valence-corrected chi connectivity index (χ0v) is 11.4. The molecule has 0 aliphatic heterocycles. The van der Waals surface area contributed by atoms with Crippen LogP contribution in [0.25, 0.3) is 0 Å². The number of carbonyl (C=O) groups excluding carboxylic acids is 1. The fraction of sp³-hybridized carbons (Fsp3) is 0.364. The fourth-order valence-corrected chi connectivity index (χ4v) is 1.41. The first-order valence-corrected chi connectivity index (χ1v) is 5.05. The first-order chi connectivity index (χ1) is 8.78. The minimum Gasteiger partial charge on any atom is -0.496 e. The minimum atomic E-state index is -4.83. The SMILES string of the molecule is COC(=O)[C@@H](N)c1cc(OC(F)(F)F)ccc1OC.Cl. The van der Waals surface area contributed by atoms with E-state index in [0.717, 1.165) is 19.2 Å². The van der Waals surface area contributed by atoms with Crippen molar-refractivity contribution >= 4 is 18.4 Å². The van der Waals surface area contributed by atoms with E-state index in [1.807, 2.05) is 0 Å². The van der Waals surface area contributed by atoms with E-state index in [2.05, 4.69) is 9.47 Å². The molecule has 1 atom stereocenters. The van der Waals surface area contributed by atoms with Crippen LogP contribution in [0, 0.1) is 0 Å². The number of halogens is 4. The predicted molar refractivity (Wildman–Crippen MR) is 65.9 cm³/mol. The third kappa shape index (κ3) is 4.78. The van der Waals surface area contributed by atoms with Crippen molar-refractivity contribution in [3.8, 4) is 11.5 Å². The highest BCUT2D eigenvalue weighted by molar-refractivity contribution is 5.85. The molecule has 0 spiro atoms. The molecule has 0 aromatic heterocycles. The van der Waals surface area contributed by atoms with Gasteiger partial charge in [0.25, 0.3) is 0 Å². The van der Waals surface area contributed by atoms with Crippen LogP contribution in [-0.2, 0) is 9.53 Å². The van der Waals surface area contributed by atoms with Gasteiger partial charge in [-0.15, -0.1) is 25.6 Å². The summed E-state index contributed by atoms with van der Waals surface area (Å²) >= 11 is 0. The van der Waals surface area contributed by atoms with Crippen LogP contribution in [0.5, 0.6) is 11.5 Å². The van der Waals surface area contributed by atoms with Gasteiger partial charge in [0.2, 0.25) is 0 Å². The summed E-state index contributed by atoms with van der Waals surface area (Å²) in [6.45, 7) is 0. The van der Waals surface area contributed by atoms with Crippen molar-refractivity contribution in [3.05, 3.63) is 23.8 Å². The van der Waals surface area contributed by atoms with E-state index >= 15 is 0 Å². The zero-order valence-electron chi connectivity index (χ0n) is 10.6. The molecule has 0 radical (unpaired) electrons. The molecular weight excluding hydrogens is 303 g/mol. The summed E-state index contributed by atoms with van der Waals surface area (Å²) in [4.78, 5) is 11.3. The van der Waals surface area contributed by atoms with Crippen LogP contribution in [-0.4, -0.2) is 26.6 Å². The zero-order chi connectivity index (χ0) is 14.6. The molecule has 0 bridgehead atoms. The molecule has 1 aromatic rings. The van der Waals surface area contributed by atoms with Gasteiger partial charge in [-0.3, -0.25) is 4.79 Å². The van der Waals surface area contributed by atoms with Crippen LogP contribution >= 0.6 is 12.4 Å².